The van der Waals surface area contributed by atoms with Gasteiger partial charge < -0.3 is 5.32 Å². The van der Waals surface area contributed by atoms with Crippen molar-refractivity contribution in [2.75, 3.05) is 13.1 Å². The molecule has 52 valence electrons. The van der Waals surface area contributed by atoms with E-state index in [-0.39, 0.29) is 11.9 Å². The van der Waals surface area contributed by atoms with Crippen LogP contribution in [0, 0.1) is 0 Å². The molecule has 1 N–H and O–H groups in total. The lowest BCUT2D eigenvalue weighted by molar-refractivity contribution is -0.120. The van der Waals surface area contributed by atoms with E-state index in [1.54, 1.807) is 4.42 Å². The Labute approximate surface area is 59.1 Å². The maximum Gasteiger partial charge on any atom is 0.217 e. The Kier molecular flexibility index (Phi) is 1.93. The predicted octanol–water partition coefficient (Wildman–Crippen LogP) is -0.0395. The van der Waals surface area contributed by atoms with Gasteiger partial charge in [0.05, 0.1) is 6.04 Å². The summed E-state index contributed by atoms with van der Waals surface area (Å²) in [6, 6.07) is 0.278. The summed E-state index contributed by atoms with van der Waals surface area (Å²) in [4.78, 5) is 10.4. The molecule has 1 fully saturated rings. The molecule has 4 heteroatoms. The van der Waals surface area contributed by atoms with Crippen LogP contribution in [0.2, 0.25) is 0 Å². The average molecular weight is 149 g/mol. The van der Waals surface area contributed by atoms with Crippen molar-refractivity contribution < 1.29 is 4.79 Å². The molecule has 0 unspecified atom stereocenters. The highest BCUT2D eigenvalue weighted by molar-refractivity contribution is 6.13. The second kappa shape index (κ2) is 2.54. The zero-order valence-corrected chi connectivity index (χ0v) is 5.98. The zero-order chi connectivity index (χ0) is 6.85. The minimum atomic E-state index is 0.0183. The van der Waals surface area contributed by atoms with E-state index in [1.807, 2.05) is 0 Å². The number of nitrogens with zero attached hydrogens (tertiary/aromatic N) is 1. The van der Waals surface area contributed by atoms with Gasteiger partial charge in [0.1, 0.15) is 0 Å². The lowest BCUT2D eigenvalue weighted by Crippen LogP contribution is -2.55. The van der Waals surface area contributed by atoms with Gasteiger partial charge in [0.25, 0.3) is 0 Å². The quantitative estimate of drug-likeness (QED) is 0.530. The van der Waals surface area contributed by atoms with Crippen LogP contribution in [-0.2, 0) is 4.79 Å². The summed E-state index contributed by atoms with van der Waals surface area (Å²) in [5.74, 6) is 0.0183. The minimum Gasteiger partial charge on any atom is -0.351 e. The first kappa shape index (κ1) is 6.83. The van der Waals surface area contributed by atoms with Crippen molar-refractivity contribution in [3.05, 3.63) is 0 Å². The molecule has 1 amide bonds. The molecule has 0 aromatic carbocycles. The average Bonchev–Trinajstić information content (AvgIpc) is 1.60. The van der Waals surface area contributed by atoms with E-state index in [2.05, 4.69) is 5.32 Å². The van der Waals surface area contributed by atoms with Crippen LogP contribution >= 0.6 is 11.8 Å². The van der Waals surface area contributed by atoms with E-state index in [4.69, 9.17) is 11.8 Å². The van der Waals surface area contributed by atoms with E-state index in [0.29, 0.717) is 0 Å². The second-order valence-electron chi connectivity index (χ2n) is 2.23. The number of hydrogen-bond donors (Lipinski definition) is 1. The number of rotatable bonds is 1. The minimum absolute atomic E-state index is 0.0183. The molecule has 0 aromatic rings. The summed E-state index contributed by atoms with van der Waals surface area (Å²) in [6.07, 6.45) is 0. The Morgan fingerprint density at radius 3 is 2.67 bits per heavy atom. The van der Waals surface area contributed by atoms with Crippen LogP contribution in [0.25, 0.3) is 0 Å². The van der Waals surface area contributed by atoms with E-state index in [1.165, 1.54) is 6.92 Å². The summed E-state index contributed by atoms with van der Waals surface area (Å²) >= 11 is 5.51. The fraction of sp³-hybridized carbons (Fsp3) is 0.800. The normalized spacial score (nSPS) is 21.1. The van der Waals surface area contributed by atoms with Crippen LogP contribution in [0.15, 0.2) is 0 Å². The molecule has 0 atom stereocenters. The van der Waals surface area contributed by atoms with Gasteiger partial charge in [-0.2, -0.15) is 0 Å². The molecule has 1 heterocycles. The van der Waals surface area contributed by atoms with Crippen LogP contribution in [0.5, 0.6) is 0 Å². The number of carbonyl (C=O) groups is 1. The molecule has 1 aliphatic rings. The van der Waals surface area contributed by atoms with Gasteiger partial charge in [0.2, 0.25) is 5.91 Å². The second-order valence-corrected chi connectivity index (χ2v) is 2.70. The molecule has 0 aromatic heterocycles. The van der Waals surface area contributed by atoms with Gasteiger partial charge in [-0.25, -0.2) is 4.42 Å². The van der Waals surface area contributed by atoms with Gasteiger partial charge in [-0.3, -0.25) is 4.79 Å². The van der Waals surface area contributed by atoms with Gasteiger partial charge in [0.15, 0.2) is 0 Å². The summed E-state index contributed by atoms with van der Waals surface area (Å²) in [5, 5.41) is 2.74. The first-order valence-corrected chi connectivity index (χ1v) is 3.20. The molecule has 1 aliphatic heterocycles. The molecule has 3 nitrogen and oxygen atoms in total. The number of amides is 1. The summed E-state index contributed by atoms with van der Waals surface area (Å²) in [7, 11) is 0. The van der Waals surface area contributed by atoms with E-state index >= 15 is 0 Å². The largest absolute Gasteiger partial charge is 0.351 e. The lowest BCUT2D eigenvalue weighted by atomic mass is 10.2. The van der Waals surface area contributed by atoms with Gasteiger partial charge in [-0.15, -0.1) is 0 Å². The lowest BCUT2D eigenvalue weighted by Gasteiger charge is -2.33. The molecule has 0 spiro atoms. The number of carbonyl (C=O) groups excluding carboxylic acids is 1. The monoisotopic (exact) mass is 148 g/mol. The van der Waals surface area contributed by atoms with Gasteiger partial charge >= 0.3 is 0 Å². The molecular weight excluding hydrogens is 140 g/mol. The van der Waals surface area contributed by atoms with Crippen LogP contribution in [0.3, 0.4) is 0 Å². The highest BCUT2D eigenvalue weighted by atomic mass is 35.5. The smallest absolute Gasteiger partial charge is 0.217 e. The zero-order valence-electron chi connectivity index (χ0n) is 5.22. The fourth-order valence-corrected chi connectivity index (χ4v) is 1.14. The molecule has 0 saturated carbocycles. The fourth-order valence-electron chi connectivity index (χ4n) is 0.804. The Morgan fingerprint density at radius 1 is 1.78 bits per heavy atom. The van der Waals surface area contributed by atoms with Crippen LogP contribution in [-0.4, -0.2) is 29.5 Å². The summed E-state index contributed by atoms with van der Waals surface area (Å²) in [6.45, 7) is 3.04. The van der Waals surface area contributed by atoms with Crippen LogP contribution in [0.1, 0.15) is 6.92 Å². The van der Waals surface area contributed by atoms with E-state index in [0.717, 1.165) is 13.1 Å². The maximum absolute atomic E-state index is 10.4. The van der Waals surface area contributed by atoms with E-state index < -0.39 is 0 Å². The maximum atomic E-state index is 10.4. The highest BCUT2D eigenvalue weighted by Crippen LogP contribution is 2.08. The third-order valence-corrected chi connectivity index (χ3v) is 1.52. The molecule has 0 bridgehead atoms. The van der Waals surface area contributed by atoms with Gasteiger partial charge in [-0.05, 0) is 11.8 Å². The van der Waals surface area contributed by atoms with Crippen molar-refractivity contribution in [3.63, 3.8) is 0 Å². The van der Waals surface area contributed by atoms with Crippen molar-refractivity contribution in [1.29, 1.82) is 0 Å². The van der Waals surface area contributed by atoms with Crippen molar-refractivity contribution in [2.24, 2.45) is 0 Å². The Morgan fingerprint density at radius 2 is 2.33 bits per heavy atom. The molecule has 0 aliphatic carbocycles. The number of nitrogens with one attached hydrogen (secondary N) is 1. The van der Waals surface area contributed by atoms with Crippen molar-refractivity contribution in [2.45, 2.75) is 13.0 Å². The van der Waals surface area contributed by atoms with Crippen LogP contribution in [0.4, 0.5) is 0 Å². The van der Waals surface area contributed by atoms with Gasteiger partial charge in [-0.1, -0.05) is 0 Å². The van der Waals surface area contributed by atoms with Gasteiger partial charge in [0, 0.05) is 20.0 Å². The predicted molar refractivity (Wildman–Crippen MR) is 35.0 cm³/mol. The first-order chi connectivity index (χ1) is 4.18. The molecule has 1 rings (SSSR count). The molecule has 0 radical (unpaired) electrons. The Balaban J connectivity index is 2.11. The number of hydrogen-bond acceptors (Lipinski definition) is 2. The third kappa shape index (κ3) is 1.84. The summed E-state index contributed by atoms with van der Waals surface area (Å²) in [5.41, 5.74) is 0. The Bertz CT molecular complexity index is 122. The Hall–Kier alpha value is -0.280. The third-order valence-electron chi connectivity index (χ3n) is 1.24. The SMILES string of the molecule is CC(=O)NC1CN(Cl)C1. The van der Waals surface area contributed by atoms with Crippen molar-refractivity contribution in [1.82, 2.24) is 9.74 Å². The van der Waals surface area contributed by atoms with Crippen LogP contribution < -0.4 is 5.32 Å². The molecule has 1 saturated heterocycles. The number of halogens is 1. The summed E-state index contributed by atoms with van der Waals surface area (Å²) < 4.78 is 1.64. The topological polar surface area (TPSA) is 32.3 Å². The van der Waals surface area contributed by atoms with E-state index in [9.17, 15) is 4.79 Å². The first-order valence-electron chi connectivity index (χ1n) is 2.86. The standard InChI is InChI=1S/C5H9ClN2O/c1-4(9)7-5-2-8(6)3-5/h5H,2-3H2,1H3,(H,7,9). The molecule has 9 heavy (non-hydrogen) atoms. The highest BCUT2D eigenvalue weighted by Gasteiger charge is 2.24. The van der Waals surface area contributed by atoms with Crippen molar-refractivity contribution in [3.8, 4) is 0 Å². The van der Waals surface area contributed by atoms with Crippen molar-refractivity contribution >= 4 is 17.7 Å². The molecular formula is C5H9ClN2O.